The van der Waals surface area contributed by atoms with Crippen LogP contribution >= 0.6 is 11.8 Å². The van der Waals surface area contributed by atoms with Crippen molar-refractivity contribution in [3.63, 3.8) is 0 Å². The van der Waals surface area contributed by atoms with Crippen molar-refractivity contribution in [1.29, 1.82) is 0 Å². The fraction of sp³-hybridized carbons (Fsp3) is 0.647. The summed E-state index contributed by atoms with van der Waals surface area (Å²) in [6.07, 6.45) is 10.5. The van der Waals surface area contributed by atoms with Crippen LogP contribution in [0.15, 0.2) is 30.3 Å². The van der Waals surface area contributed by atoms with E-state index in [1.807, 2.05) is 11.8 Å². The van der Waals surface area contributed by atoms with Crippen LogP contribution in [-0.4, -0.2) is 18.6 Å². The molecule has 1 aromatic carbocycles. The second-order valence-corrected chi connectivity index (χ2v) is 6.57. The van der Waals surface area contributed by atoms with Gasteiger partial charge in [0.15, 0.2) is 0 Å². The van der Waals surface area contributed by atoms with Crippen LogP contribution in [0.3, 0.4) is 0 Å². The molecule has 1 aromatic rings. The van der Waals surface area contributed by atoms with E-state index in [0.29, 0.717) is 6.04 Å². The van der Waals surface area contributed by atoms with Gasteiger partial charge in [-0.25, -0.2) is 0 Å². The van der Waals surface area contributed by atoms with Gasteiger partial charge in [0.2, 0.25) is 0 Å². The van der Waals surface area contributed by atoms with Crippen molar-refractivity contribution >= 4 is 11.8 Å². The Morgan fingerprint density at radius 1 is 1.16 bits per heavy atom. The molecule has 0 bridgehead atoms. The third-order valence-corrected chi connectivity index (χ3v) is 4.87. The molecule has 0 saturated heterocycles. The second kappa shape index (κ2) is 8.65. The van der Waals surface area contributed by atoms with Crippen molar-refractivity contribution < 1.29 is 0 Å². The summed E-state index contributed by atoms with van der Waals surface area (Å²) in [5.74, 6) is 2.10. The SMILES string of the molecule is CSCCCNC(c1ccccc1)C1CCCCC1. The molecule has 2 heteroatoms. The van der Waals surface area contributed by atoms with E-state index in [9.17, 15) is 0 Å². The monoisotopic (exact) mass is 277 g/mol. The average Bonchev–Trinajstić information content (AvgIpc) is 2.49. The lowest BCUT2D eigenvalue weighted by Crippen LogP contribution is -2.30. The molecule has 1 aliphatic carbocycles. The molecule has 1 saturated carbocycles. The van der Waals surface area contributed by atoms with Crippen LogP contribution in [-0.2, 0) is 0 Å². The first-order chi connectivity index (χ1) is 9.42. The molecule has 0 heterocycles. The van der Waals surface area contributed by atoms with Crippen LogP contribution in [0.1, 0.15) is 50.1 Å². The molecule has 1 nitrogen and oxygen atoms in total. The topological polar surface area (TPSA) is 12.0 Å². The zero-order valence-corrected chi connectivity index (χ0v) is 12.9. The minimum absolute atomic E-state index is 0.573. The van der Waals surface area contributed by atoms with E-state index < -0.39 is 0 Å². The summed E-state index contributed by atoms with van der Waals surface area (Å²) in [7, 11) is 0. The lowest BCUT2D eigenvalue weighted by molar-refractivity contribution is 0.272. The zero-order chi connectivity index (χ0) is 13.3. The molecule has 0 aliphatic heterocycles. The maximum absolute atomic E-state index is 3.83. The number of nitrogens with one attached hydrogen (secondary N) is 1. The van der Waals surface area contributed by atoms with Gasteiger partial charge in [0, 0.05) is 6.04 Å². The lowest BCUT2D eigenvalue weighted by atomic mass is 9.81. The largest absolute Gasteiger partial charge is 0.310 e. The highest BCUT2D eigenvalue weighted by Crippen LogP contribution is 2.34. The van der Waals surface area contributed by atoms with Crippen molar-refractivity contribution in [2.24, 2.45) is 5.92 Å². The van der Waals surface area contributed by atoms with E-state index in [1.165, 1.54) is 49.8 Å². The Labute approximate surface area is 122 Å². The van der Waals surface area contributed by atoms with Gasteiger partial charge in [-0.3, -0.25) is 0 Å². The molecule has 0 spiro atoms. The molecule has 1 atom stereocenters. The Morgan fingerprint density at radius 2 is 1.89 bits per heavy atom. The van der Waals surface area contributed by atoms with Gasteiger partial charge in [-0.1, -0.05) is 49.6 Å². The predicted octanol–water partition coefficient (Wildman–Crippen LogP) is 4.65. The third-order valence-electron chi connectivity index (χ3n) is 4.17. The molecule has 0 amide bonds. The van der Waals surface area contributed by atoms with Gasteiger partial charge in [-0.2, -0.15) is 11.8 Å². The van der Waals surface area contributed by atoms with E-state index in [2.05, 4.69) is 41.9 Å². The van der Waals surface area contributed by atoms with Crippen LogP contribution in [0, 0.1) is 5.92 Å². The van der Waals surface area contributed by atoms with Crippen LogP contribution in [0.2, 0.25) is 0 Å². The van der Waals surface area contributed by atoms with Crippen LogP contribution in [0.4, 0.5) is 0 Å². The average molecular weight is 277 g/mol. The highest BCUT2D eigenvalue weighted by molar-refractivity contribution is 7.98. The summed E-state index contributed by atoms with van der Waals surface area (Å²) in [4.78, 5) is 0. The molecular formula is C17H27NS. The van der Waals surface area contributed by atoms with Crippen molar-refractivity contribution in [3.05, 3.63) is 35.9 Å². The van der Waals surface area contributed by atoms with Gasteiger partial charge < -0.3 is 5.32 Å². The molecule has 19 heavy (non-hydrogen) atoms. The molecule has 0 radical (unpaired) electrons. The summed E-state index contributed by atoms with van der Waals surface area (Å²) in [6.45, 7) is 1.15. The Balaban J connectivity index is 1.96. The predicted molar refractivity (Wildman–Crippen MR) is 86.8 cm³/mol. The second-order valence-electron chi connectivity index (χ2n) is 5.59. The van der Waals surface area contributed by atoms with Crippen molar-refractivity contribution in [3.8, 4) is 0 Å². The summed E-state index contributed by atoms with van der Waals surface area (Å²) < 4.78 is 0. The van der Waals surface area contributed by atoms with Gasteiger partial charge in [0.25, 0.3) is 0 Å². The summed E-state index contributed by atoms with van der Waals surface area (Å²) >= 11 is 1.94. The van der Waals surface area contributed by atoms with E-state index in [-0.39, 0.29) is 0 Å². The van der Waals surface area contributed by atoms with Gasteiger partial charge in [0.1, 0.15) is 0 Å². The molecule has 106 valence electrons. The maximum atomic E-state index is 3.83. The summed E-state index contributed by atoms with van der Waals surface area (Å²) in [5, 5.41) is 3.83. The smallest absolute Gasteiger partial charge is 0.0348 e. The highest BCUT2D eigenvalue weighted by Gasteiger charge is 2.24. The van der Waals surface area contributed by atoms with E-state index in [1.54, 1.807) is 0 Å². The van der Waals surface area contributed by atoms with Crippen LogP contribution in [0.25, 0.3) is 0 Å². The molecule has 2 rings (SSSR count). The first-order valence-corrected chi connectivity index (χ1v) is 9.08. The molecular weight excluding hydrogens is 250 g/mol. The molecule has 1 unspecified atom stereocenters. The van der Waals surface area contributed by atoms with Crippen LogP contribution in [0.5, 0.6) is 0 Å². The molecule has 1 fully saturated rings. The number of hydrogen-bond acceptors (Lipinski definition) is 2. The first kappa shape index (κ1) is 14.9. The Morgan fingerprint density at radius 3 is 2.58 bits per heavy atom. The van der Waals surface area contributed by atoms with Gasteiger partial charge in [-0.05, 0) is 49.3 Å². The minimum Gasteiger partial charge on any atom is -0.310 e. The molecule has 1 aliphatic rings. The van der Waals surface area contributed by atoms with E-state index in [0.717, 1.165) is 12.5 Å². The number of thioether (sulfide) groups is 1. The van der Waals surface area contributed by atoms with Gasteiger partial charge in [0.05, 0.1) is 0 Å². The maximum Gasteiger partial charge on any atom is 0.0348 e. The van der Waals surface area contributed by atoms with Gasteiger partial charge >= 0.3 is 0 Å². The van der Waals surface area contributed by atoms with Crippen LogP contribution < -0.4 is 5.32 Å². The summed E-state index contributed by atoms with van der Waals surface area (Å²) in [5.41, 5.74) is 1.48. The van der Waals surface area contributed by atoms with E-state index in [4.69, 9.17) is 0 Å². The third kappa shape index (κ3) is 4.85. The van der Waals surface area contributed by atoms with Gasteiger partial charge in [-0.15, -0.1) is 0 Å². The summed E-state index contributed by atoms with van der Waals surface area (Å²) in [6, 6.07) is 11.6. The Kier molecular flexibility index (Phi) is 6.80. The number of rotatable bonds is 7. The van der Waals surface area contributed by atoms with E-state index >= 15 is 0 Å². The number of hydrogen-bond donors (Lipinski definition) is 1. The van der Waals surface area contributed by atoms with Crippen molar-refractivity contribution in [2.45, 2.75) is 44.6 Å². The first-order valence-electron chi connectivity index (χ1n) is 7.69. The normalized spacial score (nSPS) is 18.4. The van der Waals surface area contributed by atoms with Crippen molar-refractivity contribution in [2.75, 3.05) is 18.6 Å². The Bertz CT molecular complexity index is 332. The van der Waals surface area contributed by atoms with Crippen molar-refractivity contribution in [1.82, 2.24) is 5.32 Å². The number of benzene rings is 1. The minimum atomic E-state index is 0.573. The Hall–Kier alpha value is -0.470. The zero-order valence-electron chi connectivity index (χ0n) is 12.1. The highest BCUT2D eigenvalue weighted by atomic mass is 32.2. The fourth-order valence-corrected chi connectivity index (χ4v) is 3.59. The standard InChI is InChI=1S/C17H27NS/c1-19-14-8-13-18-17(15-9-4-2-5-10-15)16-11-6-3-7-12-16/h2,4-5,9-10,16-18H,3,6-8,11-14H2,1H3. The fourth-order valence-electron chi connectivity index (χ4n) is 3.16. The lowest BCUT2D eigenvalue weighted by Gasteiger charge is -2.31. The quantitative estimate of drug-likeness (QED) is 0.728. The molecule has 1 N–H and O–H groups in total. The molecule has 0 aromatic heterocycles.